The molecule has 4 nitrogen and oxygen atoms in total. The van der Waals surface area contributed by atoms with E-state index in [-0.39, 0.29) is 5.41 Å². The zero-order chi connectivity index (χ0) is 16.7. The summed E-state index contributed by atoms with van der Waals surface area (Å²) in [5.41, 5.74) is 0.784. The second-order valence-electron chi connectivity index (χ2n) is 6.72. The summed E-state index contributed by atoms with van der Waals surface area (Å²) in [6, 6.07) is 10.4. The van der Waals surface area contributed by atoms with Gasteiger partial charge in [-0.15, -0.1) is 11.8 Å². The Morgan fingerprint density at radius 3 is 3.00 bits per heavy atom. The van der Waals surface area contributed by atoms with E-state index in [9.17, 15) is 5.26 Å². The molecule has 0 N–H and O–H groups in total. The van der Waals surface area contributed by atoms with Crippen LogP contribution in [0.1, 0.15) is 25.5 Å². The summed E-state index contributed by atoms with van der Waals surface area (Å²) in [5, 5.41) is 10.7. The fourth-order valence-electron chi connectivity index (χ4n) is 3.06. The molecule has 1 aliphatic heterocycles. The van der Waals surface area contributed by atoms with Gasteiger partial charge in [-0.05, 0) is 51.0 Å². The van der Waals surface area contributed by atoms with Gasteiger partial charge in [0.15, 0.2) is 0 Å². The molecule has 2 aromatic rings. The van der Waals surface area contributed by atoms with Crippen molar-refractivity contribution in [3.8, 4) is 11.8 Å². The molecule has 1 aromatic heterocycles. The van der Waals surface area contributed by atoms with Crippen molar-refractivity contribution in [2.45, 2.75) is 32.1 Å². The monoisotopic (exact) mass is 340 g/mol. The molecule has 0 bridgehead atoms. The number of aryl methyl sites for hydroxylation is 1. The number of thioether (sulfide) groups is 1. The van der Waals surface area contributed by atoms with Crippen LogP contribution in [0.4, 0.5) is 0 Å². The lowest BCUT2D eigenvalue weighted by Gasteiger charge is -2.23. The van der Waals surface area contributed by atoms with Crippen molar-refractivity contribution in [2.24, 2.45) is 5.41 Å². The van der Waals surface area contributed by atoms with Gasteiger partial charge in [0, 0.05) is 23.0 Å². The van der Waals surface area contributed by atoms with Crippen molar-refractivity contribution >= 4 is 22.7 Å². The molecule has 0 spiro atoms. The third-order valence-corrected chi connectivity index (χ3v) is 5.80. The van der Waals surface area contributed by atoms with Crippen molar-refractivity contribution < 1.29 is 9.15 Å². The fourth-order valence-corrected chi connectivity index (χ4v) is 4.09. The summed E-state index contributed by atoms with van der Waals surface area (Å²) >= 11 is 1.81. The third kappa shape index (κ3) is 2.99. The number of ether oxygens (including phenoxy) is 1. The maximum atomic E-state index is 9.27. The van der Waals surface area contributed by atoms with Crippen molar-refractivity contribution in [1.29, 1.82) is 5.26 Å². The SMILES string of the molecule is Cc1cc2cc(OCC3=CN(CC4(C#N)CC4)C(C)S3)ccc2o1. The molecule has 0 radical (unpaired) electrons. The minimum absolute atomic E-state index is 0.105. The van der Waals surface area contributed by atoms with Crippen LogP contribution in [-0.4, -0.2) is 23.4 Å². The summed E-state index contributed by atoms with van der Waals surface area (Å²) in [4.78, 5) is 3.49. The molecule has 1 fully saturated rings. The van der Waals surface area contributed by atoms with Gasteiger partial charge in [-0.1, -0.05) is 0 Å². The summed E-state index contributed by atoms with van der Waals surface area (Å²) in [5.74, 6) is 1.76. The van der Waals surface area contributed by atoms with Gasteiger partial charge in [0.2, 0.25) is 0 Å². The lowest BCUT2D eigenvalue weighted by molar-refractivity contribution is 0.324. The van der Waals surface area contributed by atoms with E-state index in [4.69, 9.17) is 9.15 Å². The minimum Gasteiger partial charge on any atom is -0.488 e. The van der Waals surface area contributed by atoms with E-state index in [1.807, 2.05) is 43.0 Å². The Hall–Kier alpha value is -2.06. The molecule has 1 aromatic carbocycles. The summed E-state index contributed by atoms with van der Waals surface area (Å²) < 4.78 is 11.5. The number of hydrogen-bond donors (Lipinski definition) is 0. The number of fused-ring (bicyclic) bond motifs is 1. The first-order chi connectivity index (χ1) is 11.6. The lowest BCUT2D eigenvalue weighted by atomic mass is 10.1. The Labute approximate surface area is 146 Å². The van der Waals surface area contributed by atoms with Crippen molar-refractivity contribution in [1.82, 2.24) is 4.90 Å². The highest BCUT2D eigenvalue weighted by Crippen LogP contribution is 2.47. The first-order valence-corrected chi connectivity index (χ1v) is 9.12. The van der Waals surface area contributed by atoms with E-state index in [0.717, 1.165) is 41.9 Å². The van der Waals surface area contributed by atoms with Gasteiger partial charge in [-0.2, -0.15) is 5.26 Å². The predicted molar refractivity (Wildman–Crippen MR) is 95.6 cm³/mol. The van der Waals surface area contributed by atoms with E-state index in [1.165, 1.54) is 4.91 Å². The minimum atomic E-state index is -0.105. The van der Waals surface area contributed by atoms with Crippen LogP contribution in [0, 0.1) is 23.7 Å². The smallest absolute Gasteiger partial charge is 0.134 e. The second-order valence-corrected chi connectivity index (χ2v) is 8.16. The number of benzene rings is 1. The van der Waals surface area contributed by atoms with E-state index in [2.05, 4.69) is 24.1 Å². The first kappa shape index (κ1) is 15.5. The highest BCUT2D eigenvalue weighted by molar-refractivity contribution is 8.03. The molecule has 2 heterocycles. The number of hydrogen-bond acceptors (Lipinski definition) is 5. The Morgan fingerprint density at radius 1 is 1.42 bits per heavy atom. The molecule has 2 aliphatic rings. The number of nitriles is 1. The van der Waals surface area contributed by atoms with Crippen molar-refractivity contribution in [3.63, 3.8) is 0 Å². The summed E-state index contributed by atoms with van der Waals surface area (Å²) in [6.07, 6.45) is 4.22. The molecule has 0 amide bonds. The molecule has 1 unspecified atom stereocenters. The van der Waals surface area contributed by atoms with Crippen LogP contribution < -0.4 is 4.74 Å². The van der Waals surface area contributed by atoms with Gasteiger partial charge >= 0.3 is 0 Å². The first-order valence-electron chi connectivity index (χ1n) is 8.24. The Kier molecular flexibility index (Phi) is 3.73. The average Bonchev–Trinajstić information content (AvgIpc) is 3.11. The number of rotatable bonds is 5. The summed E-state index contributed by atoms with van der Waals surface area (Å²) in [6.45, 7) is 5.53. The maximum absolute atomic E-state index is 9.27. The Bertz CT molecular complexity index is 845. The quantitative estimate of drug-likeness (QED) is 0.792. The highest BCUT2D eigenvalue weighted by Gasteiger charge is 2.45. The van der Waals surface area contributed by atoms with Crippen LogP contribution in [0.15, 0.2) is 39.8 Å². The van der Waals surface area contributed by atoms with E-state index < -0.39 is 0 Å². The maximum Gasteiger partial charge on any atom is 0.134 e. The Balaban J connectivity index is 1.40. The average molecular weight is 340 g/mol. The normalized spacial score (nSPS) is 21.6. The lowest BCUT2D eigenvalue weighted by Crippen LogP contribution is -2.28. The molecular weight excluding hydrogens is 320 g/mol. The Morgan fingerprint density at radius 2 is 2.25 bits per heavy atom. The van der Waals surface area contributed by atoms with Gasteiger partial charge in [0.05, 0.1) is 16.9 Å². The molecule has 1 saturated carbocycles. The van der Waals surface area contributed by atoms with Crippen LogP contribution >= 0.6 is 11.8 Å². The number of furan rings is 1. The zero-order valence-electron chi connectivity index (χ0n) is 13.9. The number of nitrogens with zero attached hydrogens (tertiary/aromatic N) is 2. The van der Waals surface area contributed by atoms with Gasteiger partial charge < -0.3 is 14.1 Å². The highest BCUT2D eigenvalue weighted by atomic mass is 32.2. The van der Waals surface area contributed by atoms with Crippen LogP contribution in [0.3, 0.4) is 0 Å². The molecule has 24 heavy (non-hydrogen) atoms. The molecule has 1 atom stereocenters. The van der Waals surface area contributed by atoms with Gasteiger partial charge in [0.25, 0.3) is 0 Å². The van der Waals surface area contributed by atoms with Gasteiger partial charge in [0.1, 0.15) is 23.7 Å². The van der Waals surface area contributed by atoms with Crippen LogP contribution in [0.2, 0.25) is 0 Å². The largest absolute Gasteiger partial charge is 0.488 e. The van der Waals surface area contributed by atoms with Crippen LogP contribution in [0.25, 0.3) is 11.0 Å². The predicted octanol–water partition coefficient (Wildman–Crippen LogP) is 4.66. The molecule has 1 aliphatic carbocycles. The fraction of sp³-hybridized carbons (Fsp3) is 0.421. The molecule has 5 heteroatoms. The van der Waals surface area contributed by atoms with E-state index >= 15 is 0 Å². The molecule has 0 saturated heterocycles. The molecule has 4 rings (SSSR count). The van der Waals surface area contributed by atoms with Crippen LogP contribution in [-0.2, 0) is 0 Å². The third-order valence-electron chi connectivity index (χ3n) is 4.67. The van der Waals surface area contributed by atoms with Crippen LogP contribution in [0.5, 0.6) is 5.75 Å². The van der Waals surface area contributed by atoms with Gasteiger partial charge in [-0.25, -0.2) is 0 Å². The van der Waals surface area contributed by atoms with Crippen molar-refractivity contribution in [3.05, 3.63) is 41.1 Å². The standard InChI is InChI=1S/C19H20N2O2S/c1-13-7-15-8-16(3-4-18(15)23-13)22-10-17-9-21(14(2)24-17)12-19(11-20)5-6-19/h3-4,7-9,14H,5-6,10,12H2,1-2H3. The summed E-state index contributed by atoms with van der Waals surface area (Å²) in [7, 11) is 0. The van der Waals surface area contributed by atoms with Crippen molar-refractivity contribution in [2.75, 3.05) is 13.2 Å². The topological polar surface area (TPSA) is 49.4 Å². The van der Waals surface area contributed by atoms with Gasteiger partial charge in [-0.3, -0.25) is 0 Å². The van der Waals surface area contributed by atoms with E-state index in [0.29, 0.717) is 12.0 Å². The second kappa shape index (κ2) is 5.78. The zero-order valence-corrected chi connectivity index (χ0v) is 14.7. The van der Waals surface area contributed by atoms with E-state index in [1.54, 1.807) is 0 Å². The molecular formula is C19H20N2O2S. The molecule has 124 valence electrons.